The molecule has 4 nitrogen and oxygen atoms in total. The number of carbonyl (C=O) groups is 2. The van der Waals surface area contributed by atoms with Crippen LogP contribution >= 0.6 is 0 Å². The highest BCUT2D eigenvalue weighted by atomic mass is 16.2. The number of hydrogen-bond donors (Lipinski definition) is 0. The van der Waals surface area contributed by atoms with Crippen molar-refractivity contribution in [2.45, 2.75) is 46.0 Å². The summed E-state index contributed by atoms with van der Waals surface area (Å²) in [6, 6.07) is 0. The van der Waals surface area contributed by atoms with E-state index in [-0.39, 0.29) is 24.3 Å². The number of carbonyl (C=O) groups excluding carboxylic acids is 2. The van der Waals surface area contributed by atoms with Crippen LogP contribution in [0.25, 0.3) is 0 Å². The number of hydrogen-bond acceptors (Lipinski definition) is 2. The van der Waals surface area contributed by atoms with Gasteiger partial charge in [-0.15, -0.1) is 0 Å². The molecular formula is C14H26N2O2. The topological polar surface area (TPSA) is 40.6 Å². The summed E-state index contributed by atoms with van der Waals surface area (Å²) in [5, 5.41) is 0. The van der Waals surface area contributed by atoms with Crippen LogP contribution < -0.4 is 0 Å². The van der Waals surface area contributed by atoms with E-state index in [1.165, 1.54) is 6.42 Å². The summed E-state index contributed by atoms with van der Waals surface area (Å²) in [6.07, 6.45) is 5.51. The third-order valence-electron chi connectivity index (χ3n) is 3.82. The first-order chi connectivity index (χ1) is 8.60. The largest absolute Gasteiger partial charge is 0.342 e. The summed E-state index contributed by atoms with van der Waals surface area (Å²) in [5.74, 6) is 0.343. The minimum Gasteiger partial charge on any atom is -0.342 e. The van der Waals surface area contributed by atoms with Crippen molar-refractivity contribution in [1.82, 2.24) is 9.80 Å². The Balaban J connectivity index is 2.45. The average molecular weight is 254 g/mol. The summed E-state index contributed by atoms with van der Waals surface area (Å²) in [4.78, 5) is 27.5. The third kappa shape index (κ3) is 4.00. The van der Waals surface area contributed by atoms with Crippen molar-refractivity contribution in [3.05, 3.63) is 0 Å². The van der Waals surface area contributed by atoms with Crippen LogP contribution in [0.1, 0.15) is 46.0 Å². The SMILES string of the molecule is CCN(CC)C(=O)CN(C)C(=O)C1CCCCC1. The van der Waals surface area contributed by atoms with Gasteiger partial charge in [0, 0.05) is 26.1 Å². The van der Waals surface area contributed by atoms with Crippen molar-refractivity contribution < 1.29 is 9.59 Å². The van der Waals surface area contributed by atoms with Gasteiger partial charge in [0.25, 0.3) is 0 Å². The van der Waals surface area contributed by atoms with Crippen molar-refractivity contribution in [3.8, 4) is 0 Å². The Morgan fingerprint density at radius 2 is 1.61 bits per heavy atom. The molecular weight excluding hydrogens is 228 g/mol. The maximum Gasteiger partial charge on any atom is 0.242 e. The van der Waals surface area contributed by atoms with Crippen LogP contribution in [0.5, 0.6) is 0 Å². The second-order valence-electron chi connectivity index (χ2n) is 5.10. The van der Waals surface area contributed by atoms with Gasteiger partial charge in [0.15, 0.2) is 0 Å². The molecule has 1 aliphatic carbocycles. The lowest BCUT2D eigenvalue weighted by molar-refractivity contribution is -0.142. The first-order valence-electron chi connectivity index (χ1n) is 7.12. The lowest BCUT2D eigenvalue weighted by atomic mass is 9.88. The number of amides is 2. The van der Waals surface area contributed by atoms with Crippen molar-refractivity contribution in [1.29, 1.82) is 0 Å². The molecule has 0 aromatic heterocycles. The smallest absolute Gasteiger partial charge is 0.242 e. The zero-order valence-corrected chi connectivity index (χ0v) is 11.9. The fourth-order valence-electron chi connectivity index (χ4n) is 2.62. The zero-order valence-electron chi connectivity index (χ0n) is 11.9. The van der Waals surface area contributed by atoms with E-state index in [1.807, 2.05) is 13.8 Å². The van der Waals surface area contributed by atoms with Crippen LogP contribution in [0.2, 0.25) is 0 Å². The summed E-state index contributed by atoms with van der Waals surface area (Å²) in [5.41, 5.74) is 0. The Morgan fingerprint density at radius 1 is 1.06 bits per heavy atom. The van der Waals surface area contributed by atoms with Gasteiger partial charge in [-0.1, -0.05) is 19.3 Å². The maximum atomic E-state index is 12.2. The van der Waals surface area contributed by atoms with E-state index < -0.39 is 0 Å². The zero-order chi connectivity index (χ0) is 13.5. The molecule has 0 heterocycles. The van der Waals surface area contributed by atoms with E-state index in [4.69, 9.17) is 0 Å². The van der Waals surface area contributed by atoms with Crippen molar-refractivity contribution in [2.24, 2.45) is 5.92 Å². The molecule has 0 bridgehead atoms. The summed E-state index contributed by atoms with van der Waals surface area (Å²) < 4.78 is 0. The molecule has 0 saturated heterocycles. The Bertz CT molecular complexity index is 282. The highest BCUT2D eigenvalue weighted by Gasteiger charge is 2.25. The Hall–Kier alpha value is -1.06. The molecule has 0 aromatic rings. The standard InChI is InChI=1S/C14H26N2O2/c1-4-16(5-2)13(17)11-15(3)14(18)12-9-7-6-8-10-12/h12H,4-11H2,1-3H3. The molecule has 0 spiro atoms. The lowest BCUT2D eigenvalue weighted by Gasteiger charge is -2.28. The van der Waals surface area contributed by atoms with Crippen LogP contribution in [0, 0.1) is 5.92 Å². The molecule has 0 N–H and O–H groups in total. The molecule has 0 radical (unpaired) electrons. The van der Waals surface area contributed by atoms with E-state index in [9.17, 15) is 9.59 Å². The van der Waals surface area contributed by atoms with E-state index >= 15 is 0 Å². The minimum atomic E-state index is 0.0478. The summed E-state index contributed by atoms with van der Waals surface area (Å²) in [7, 11) is 1.75. The monoisotopic (exact) mass is 254 g/mol. The quantitative estimate of drug-likeness (QED) is 0.752. The van der Waals surface area contributed by atoms with Crippen molar-refractivity contribution in [2.75, 3.05) is 26.7 Å². The average Bonchev–Trinajstić information content (AvgIpc) is 2.40. The molecule has 1 fully saturated rings. The molecule has 1 saturated carbocycles. The van der Waals surface area contributed by atoms with Crippen LogP contribution in [-0.4, -0.2) is 48.3 Å². The highest BCUT2D eigenvalue weighted by molar-refractivity contribution is 5.85. The molecule has 4 heteroatoms. The van der Waals surface area contributed by atoms with Gasteiger partial charge in [0.1, 0.15) is 0 Å². The highest BCUT2D eigenvalue weighted by Crippen LogP contribution is 2.25. The predicted octanol–water partition coefficient (Wildman–Crippen LogP) is 1.89. The van der Waals surface area contributed by atoms with Gasteiger partial charge >= 0.3 is 0 Å². The molecule has 0 atom stereocenters. The van der Waals surface area contributed by atoms with Gasteiger partial charge in [-0.2, -0.15) is 0 Å². The van der Waals surface area contributed by atoms with E-state index in [2.05, 4.69) is 0 Å². The van der Waals surface area contributed by atoms with Gasteiger partial charge in [-0.05, 0) is 26.7 Å². The number of nitrogens with zero attached hydrogens (tertiary/aromatic N) is 2. The minimum absolute atomic E-state index is 0.0478. The van der Waals surface area contributed by atoms with Crippen LogP contribution in [-0.2, 0) is 9.59 Å². The van der Waals surface area contributed by atoms with Crippen molar-refractivity contribution in [3.63, 3.8) is 0 Å². The Morgan fingerprint density at radius 3 is 2.11 bits per heavy atom. The van der Waals surface area contributed by atoms with E-state index in [0.29, 0.717) is 13.1 Å². The van der Waals surface area contributed by atoms with Crippen LogP contribution in [0.4, 0.5) is 0 Å². The first kappa shape index (κ1) is 15.0. The Kier molecular flexibility index (Phi) is 6.16. The van der Waals surface area contributed by atoms with Gasteiger partial charge in [-0.3, -0.25) is 9.59 Å². The second kappa shape index (κ2) is 7.39. The van der Waals surface area contributed by atoms with E-state index in [0.717, 1.165) is 25.7 Å². The van der Waals surface area contributed by atoms with Gasteiger partial charge in [0.2, 0.25) is 11.8 Å². The molecule has 0 aliphatic heterocycles. The third-order valence-corrected chi connectivity index (χ3v) is 3.82. The maximum absolute atomic E-state index is 12.2. The molecule has 104 valence electrons. The van der Waals surface area contributed by atoms with Gasteiger partial charge < -0.3 is 9.80 Å². The fourth-order valence-corrected chi connectivity index (χ4v) is 2.62. The Labute approximate surface area is 110 Å². The lowest BCUT2D eigenvalue weighted by Crippen LogP contribution is -2.43. The summed E-state index contributed by atoms with van der Waals surface area (Å²) in [6.45, 7) is 5.56. The van der Waals surface area contributed by atoms with Gasteiger partial charge in [-0.25, -0.2) is 0 Å². The number of likely N-dealkylation sites (N-methyl/N-ethyl adjacent to an activating group) is 2. The fraction of sp³-hybridized carbons (Fsp3) is 0.857. The first-order valence-corrected chi connectivity index (χ1v) is 7.12. The normalized spacial score (nSPS) is 16.4. The van der Waals surface area contributed by atoms with E-state index in [1.54, 1.807) is 16.8 Å². The summed E-state index contributed by atoms with van der Waals surface area (Å²) >= 11 is 0. The van der Waals surface area contributed by atoms with Crippen LogP contribution in [0.3, 0.4) is 0 Å². The molecule has 0 aromatic carbocycles. The molecule has 1 rings (SSSR count). The van der Waals surface area contributed by atoms with Crippen molar-refractivity contribution >= 4 is 11.8 Å². The van der Waals surface area contributed by atoms with Gasteiger partial charge in [0.05, 0.1) is 6.54 Å². The van der Waals surface area contributed by atoms with Crippen LogP contribution in [0.15, 0.2) is 0 Å². The molecule has 1 aliphatic rings. The number of rotatable bonds is 5. The molecule has 2 amide bonds. The predicted molar refractivity (Wildman–Crippen MR) is 72.1 cm³/mol. The molecule has 18 heavy (non-hydrogen) atoms. The molecule has 0 unspecified atom stereocenters. The second-order valence-corrected chi connectivity index (χ2v) is 5.10.